The van der Waals surface area contributed by atoms with E-state index in [0.29, 0.717) is 19.3 Å². The maximum absolute atomic E-state index is 12.8. The molecule has 0 aliphatic carbocycles. The number of hydrogen-bond donors (Lipinski definition) is 0. The van der Waals surface area contributed by atoms with Crippen molar-refractivity contribution in [3.63, 3.8) is 0 Å². The molecule has 0 amide bonds. The van der Waals surface area contributed by atoms with Crippen molar-refractivity contribution in [3.05, 3.63) is 60.8 Å². The first-order chi connectivity index (χ1) is 32.5. The minimum atomic E-state index is -0.782. The van der Waals surface area contributed by atoms with Gasteiger partial charge in [-0.3, -0.25) is 14.4 Å². The van der Waals surface area contributed by atoms with Gasteiger partial charge < -0.3 is 14.2 Å². The van der Waals surface area contributed by atoms with Gasteiger partial charge in [-0.15, -0.1) is 0 Å². The summed E-state index contributed by atoms with van der Waals surface area (Å²) in [4.78, 5) is 38.0. The zero-order valence-corrected chi connectivity index (χ0v) is 43.7. The summed E-state index contributed by atoms with van der Waals surface area (Å²) < 4.78 is 16.8. The summed E-state index contributed by atoms with van der Waals surface area (Å²) in [6, 6.07) is 0. The highest BCUT2D eigenvalue weighted by atomic mass is 16.6. The van der Waals surface area contributed by atoms with Crippen molar-refractivity contribution >= 4 is 17.9 Å². The number of unbranched alkanes of at least 4 members (excludes halogenated alkanes) is 30. The topological polar surface area (TPSA) is 78.9 Å². The van der Waals surface area contributed by atoms with Crippen LogP contribution in [0.15, 0.2) is 60.8 Å². The van der Waals surface area contributed by atoms with Crippen molar-refractivity contribution in [2.24, 2.45) is 0 Å². The SMILES string of the molecule is CCCCC/C=C\C/C=C\CCCCCCCCCC(=O)OC(COC(=O)CCCCCCCC/C=C\C/C=C\C/C=C\CCCCCCC)COC(=O)CCCCCCCCCCCC. The smallest absolute Gasteiger partial charge is 0.306 e. The third kappa shape index (κ3) is 52.1. The molecular weight excluding hydrogens is 817 g/mol. The van der Waals surface area contributed by atoms with Gasteiger partial charge in [0.05, 0.1) is 0 Å². The summed E-state index contributed by atoms with van der Waals surface area (Å²) in [6.07, 6.45) is 67.8. The Balaban J connectivity index is 4.34. The van der Waals surface area contributed by atoms with Crippen molar-refractivity contribution in [2.45, 2.75) is 290 Å². The van der Waals surface area contributed by atoms with Crippen LogP contribution in [-0.2, 0) is 28.6 Å². The second-order valence-electron chi connectivity index (χ2n) is 18.8. The van der Waals surface area contributed by atoms with E-state index >= 15 is 0 Å². The molecule has 0 aromatic rings. The van der Waals surface area contributed by atoms with Crippen molar-refractivity contribution in [1.82, 2.24) is 0 Å². The Hall–Kier alpha value is -2.89. The van der Waals surface area contributed by atoms with E-state index < -0.39 is 6.10 Å². The van der Waals surface area contributed by atoms with Crippen LogP contribution in [0.2, 0.25) is 0 Å². The predicted octanol–water partition coefficient (Wildman–Crippen LogP) is 18.8. The van der Waals surface area contributed by atoms with Gasteiger partial charge in [0, 0.05) is 19.3 Å². The highest BCUT2D eigenvalue weighted by Crippen LogP contribution is 2.15. The minimum absolute atomic E-state index is 0.0800. The zero-order chi connectivity index (χ0) is 47.9. The van der Waals surface area contributed by atoms with E-state index in [-0.39, 0.29) is 31.1 Å². The fourth-order valence-corrected chi connectivity index (χ4v) is 7.95. The van der Waals surface area contributed by atoms with Crippen LogP contribution in [0.4, 0.5) is 0 Å². The van der Waals surface area contributed by atoms with Gasteiger partial charge in [0.2, 0.25) is 0 Å². The average Bonchev–Trinajstić information content (AvgIpc) is 3.31. The summed E-state index contributed by atoms with van der Waals surface area (Å²) in [5.41, 5.74) is 0. The van der Waals surface area contributed by atoms with Gasteiger partial charge >= 0.3 is 17.9 Å². The van der Waals surface area contributed by atoms with Crippen LogP contribution in [0, 0.1) is 0 Å². The molecule has 0 aromatic heterocycles. The lowest BCUT2D eigenvalue weighted by molar-refractivity contribution is -0.167. The number of carbonyl (C=O) groups is 3. The molecule has 0 bridgehead atoms. The standard InChI is InChI=1S/C60H106O6/c1-4-7-10-13-16-19-22-24-26-28-29-30-31-33-34-36-38-41-44-47-50-53-59(62)65-56-57(55-64-58(61)52-49-46-43-40-21-18-15-12-9-6-3)66-60(63)54-51-48-45-42-39-37-35-32-27-25-23-20-17-14-11-8-5-2/h17,20,22,24-25,27-29,31,33,57H,4-16,18-19,21,23,26,30,32,34-56H2,1-3H3/b20-17-,24-22-,27-25-,29-28-,33-31-. The maximum atomic E-state index is 12.8. The largest absolute Gasteiger partial charge is 0.462 e. The van der Waals surface area contributed by atoms with Crippen molar-refractivity contribution in [3.8, 4) is 0 Å². The van der Waals surface area contributed by atoms with Gasteiger partial charge in [-0.2, -0.15) is 0 Å². The Kier molecular flexibility index (Phi) is 52.3. The van der Waals surface area contributed by atoms with Crippen LogP contribution >= 0.6 is 0 Å². The molecule has 0 saturated heterocycles. The summed E-state index contributed by atoms with van der Waals surface area (Å²) >= 11 is 0. The van der Waals surface area contributed by atoms with Crippen LogP contribution in [-0.4, -0.2) is 37.2 Å². The van der Waals surface area contributed by atoms with E-state index in [0.717, 1.165) is 89.9 Å². The Morgan fingerprint density at radius 2 is 0.545 bits per heavy atom. The van der Waals surface area contributed by atoms with Gasteiger partial charge in [0.25, 0.3) is 0 Å². The quantitative estimate of drug-likeness (QED) is 0.0262. The third-order valence-corrected chi connectivity index (χ3v) is 12.2. The lowest BCUT2D eigenvalue weighted by atomic mass is 10.1. The number of allylic oxidation sites excluding steroid dienone is 10. The minimum Gasteiger partial charge on any atom is -0.462 e. The summed E-state index contributed by atoms with van der Waals surface area (Å²) in [5, 5.41) is 0. The molecule has 0 N–H and O–H groups in total. The fraction of sp³-hybridized carbons (Fsp3) is 0.783. The number of carbonyl (C=O) groups excluding carboxylic acids is 3. The first-order valence-corrected chi connectivity index (χ1v) is 28.3. The monoisotopic (exact) mass is 923 g/mol. The van der Waals surface area contributed by atoms with Crippen LogP contribution in [0.25, 0.3) is 0 Å². The third-order valence-electron chi connectivity index (χ3n) is 12.2. The Morgan fingerprint density at radius 1 is 0.303 bits per heavy atom. The molecule has 382 valence electrons. The van der Waals surface area contributed by atoms with Crippen molar-refractivity contribution < 1.29 is 28.6 Å². The Bertz CT molecular complexity index is 1200. The number of rotatable bonds is 51. The van der Waals surface area contributed by atoms with E-state index in [9.17, 15) is 14.4 Å². The van der Waals surface area contributed by atoms with E-state index in [2.05, 4.69) is 81.5 Å². The second kappa shape index (κ2) is 54.7. The summed E-state index contributed by atoms with van der Waals surface area (Å²) in [5.74, 6) is -0.894. The van der Waals surface area contributed by atoms with Gasteiger partial charge in [0.1, 0.15) is 13.2 Å². The van der Waals surface area contributed by atoms with E-state index in [1.807, 2.05) is 0 Å². The fourth-order valence-electron chi connectivity index (χ4n) is 7.95. The van der Waals surface area contributed by atoms with Crippen molar-refractivity contribution in [2.75, 3.05) is 13.2 Å². The molecule has 1 atom stereocenters. The molecule has 0 saturated carbocycles. The predicted molar refractivity (Wildman–Crippen MR) is 284 cm³/mol. The molecule has 6 nitrogen and oxygen atoms in total. The van der Waals surface area contributed by atoms with Gasteiger partial charge in [-0.25, -0.2) is 0 Å². The molecule has 6 heteroatoms. The molecule has 1 unspecified atom stereocenters. The Labute approximate surface area is 409 Å². The molecule has 0 aromatic carbocycles. The average molecular weight is 924 g/mol. The number of hydrogen-bond acceptors (Lipinski definition) is 6. The van der Waals surface area contributed by atoms with Gasteiger partial charge in [-0.05, 0) is 89.9 Å². The summed E-state index contributed by atoms with van der Waals surface area (Å²) in [7, 11) is 0. The molecule has 0 aliphatic heterocycles. The van der Waals surface area contributed by atoms with E-state index in [1.165, 1.54) is 154 Å². The zero-order valence-electron chi connectivity index (χ0n) is 43.7. The lowest BCUT2D eigenvalue weighted by Gasteiger charge is -2.18. The van der Waals surface area contributed by atoms with E-state index in [1.54, 1.807) is 0 Å². The van der Waals surface area contributed by atoms with Crippen LogP contribution in [0.3, 0.4) is 0 Å². The lowest BCUT2D eigenvalue weighted by Crippen LogP contribution is -2.30. The molecule has 0 rings (SSSR count). The molecule has 0 spiro atoms. The molecule has 0 heterocycles. The molecular formula is C60H106O6. The molecule has 0 fully saturated rings. The van der Waals surface area contributed by atoms with Gasteiger partial charge in [-0.1, -0.05) is 236 Å². The highest BCUT2D eigenvalue weighted by molar-refractivity contribution is 5.71. The first-order valence-electron chi connectivity index (χ1n) is 28.3. The number of ether oxygens (including phenoxy) is 3. The molecule has 66 heavy (non-hydrogen) atoms. The normalized spacial score (nSPS) is 12.5. The first kappa shape index (κ1) is 63.1. The van der Waals surface area contributed by atoms with Gasteiger partial charge in [0.15, 0.2) is 6.10 Å². The second-order valence-corrected chi connectivity index (χ2v) is 18.8. The molecule has 0 radical (unpaired) electrons. The van der Waals surface area contributed by atoms with Crippen molar-refractivity contribution in [1.29, 1.82) is 0 Å². The molecule has 0 aliphatic rings. The van der Waals surface area contributed by atoms with Crippen LogP contribution in [0.1, 0.15) is 284 Å². The highest BCUT2D eigenvalue weighted by Gasteiger charge is 2.19. The number of esters is 3. The van der Waals surface area contributed by atoms with Crippen LogP contribution in [0.5, 0.6) is 0 Å². The summed E-state index contributed by atoms with van der Waals surface area (Å²) in [6.45, 7) is 6.59. The van der Waals surface area contributed by atoms with E-state index in [4.69, 9.17) is 14.2 Å². The van der Waals surface area contributed by atoms with Crippen LogP contribution < -0.4 is 0 Å². The Morgan fingerprint density at radius 3 is 0.879 bits per heavy atom. The maximum Gasteiger partial charge on any atom is 0.306 e.